The molecule has 1 aromatic rings. The minimum Gasteiger partial charge on any atom is -0.393 e. The molecule has 4 aliphatic carbocycles. The highest BCUT2D eigenvalue weighted by Gasteiger charge is 2.63. The van der Waals surface area contributed by atoms with E-state index in [0.29, 0.717) is 36.0 Å². The van der Waals surface area contributed by atoms with E-state index >= 15 is 0 Å². The SMILES string of the molecule is C[C@H](CCC(=O)N1Cc2ccccc2C1)[C@H]1CC[C@H]2[C@@H]3CC[C@@H]4C[C@H](O)CC[C@]4(C)[C@H]3C[C@H](O)[C@]12C. The number of fused-ring (bicyclic) bond motifs is 6. The third-order valence-corrected chi connectivity index (χ3v) is 12.5. The molecular weight excluding hydrogens is 446 g/mol. The second kappa shape index (κ2) is 9.12. The van der Waals surface area contributed by atoms with Crippen molar-refractivity contribution in [3.05, 3.63) is 35.4 Å². The Kier molecular flexibility index (Phi) is 6.31. The average Bonchev–Trinajstić information content (AvgIpc) is 3.46. The Hall–Kier alpha value is -1.39. The third-order valence-electron chi connectivity index (χ3n) is 12.5. The smallest absolute Gasteiger partial charge is 0.223 e. The maximum atomic E-state index is 13.1. The summed E-state index contributed by atoms with van der Waals surface area (Å²) in [4.78, 5) is 15.1. The van der Waals surface area contributed by atoms with Crippen LogP contribution in [0.5, 0.6) is 0 Å². The van der Waals surface area contributed by atoms with Gasteiger partial charge in [0.05, 0.1) is 12.2 Å². The molecule has 1 amide bonds. The van der Waals surface area contributed by atoms with Crippen molar-refractivity contribution in [1.29, 1.82) is 0 Å². The van der Waals surface area contributed by atoms with Crippen LogP contribution in [-0.2, 0) is 17.9 Å². The molecule has 36 heavy (non-hydrogen) atoms. The lowest BCUT2D eigenvalue weighted by Crippen LogP contribution is -2.58. The Bertz CT molecular complexity index is 968. The number of hydrogen-bond acceptors (Lipinski definition) is 3. The van der Waals surface area contributed by atoms with Crippen molar-refractivity contribution in [2.24, 2.45) is 46.3 Å². The molecule has 2 N–H and O–H groups in total. The van der Waals surface area contributed by atoms with Crippen LogP contribution in [0.1, 0.15) is 96.1 Å². The van der Waals surface area contributed by atoms with Crippen LogP contribution in [0.15, 0.2) is 24.3 Å². The largest absolute Gasteiger partial charge is 0.393 e. The van der Waals surface area contributed by atoms with Gasteiger partial charge >= 0.3 is 0 Å². The third kappa shape index (κ3) is 3.80. The summed E-state index contributed by atoms with van der Waals surface area (Å²) in [5, 5.41) is 22.1. The summed E-state index contributed by atoms with van der Waals surface area (Å²) >= 11 is 0. The Morgan fingerprint density at radius 2 is 1.72 bits per heavy atom. The summed E-state index contributed by atoms with van der Waals surface area (Å²) in [7, 11) is 0. The van der Waals surface area contributed by atoms with Crippen LogP contribution in [0.2, 0.25) is 0 Å². The number of hydrogen-bond donors (Lipinski definition) is 2. The molecule has 10 atom stereocenters. The maximum Gasteiger partial charge on any atom is 0.223 e. The van der Waals surface area contributed by atoms with Gasteiger partial charge in [-0.1, -0.05) is 45.0 Å². The highest BCUT2D eigenvalue weighted by atomic mass is 16.3. The van der Waals surface area contributed by atoms with Crippen molar-refractivity contribution < 1.29 is 15.0 Å². The molecule has 4 nitrogen and oxygen atoms in total. The van der Waals surface area contributed by atoms with Crippen molar-refractivity contribution in [2.75, 3.05) is 0 Å². The Morgan fingerprint density at radius 1 is 1.00 bits per heavy atom. The molecule has 4 heteroatoms. The zero-order chi connectivity index (χ0) is 25.2. The second-order valence-electron chi connectivity index (χ2n) is 13.9. The van der Waals surface area contributed by atoms with Gasteiger partial charge in [0.25, 0.3) is 0 Å². The van der Waals surface area contributed by atoms with Crippen molar-refractivity contribution in [3.8, 4) is 0 Å². The van der Waals surface area contributed by atoms with Gasteiger partial charge in [0.1, 0.15) is 0 Å². The van der Waals surface area contributed by atoms with E-state index in [9.17, 15) is 15.0 Å². The van der Waals surface area contributed by atoms with E-state index in [1.807, 2.05) is 4.90 Å². The maximum absolute atomic E-state index is 13.1. The van der Waals surface area contributed by atoms with Crippen LogP contribution in [0.4, 0.5) is 0 Å². The molecule has 4 fully saturated rings. The fraction of sp³-hybridized carbons (Fsp3) is 0.781. The van der Waals surface area contributed by atoms with Gasteiger partial charge in [-0.15, -0.1) is 0 Å². The standard InChI is InChI=1S/C32H47NO3/c1-20(8-13-30(36)33-18-21-6-4-5-7-22(21)19-33)26-11-12-27-25-10-9-23-16-24(34)14-15-31(23,2)28(25)17-29(35)32(26,27)3/h4-7,20,23-29,34-35H,8-19H2,1-3H3/t20-,23-,24-,25+,26-,27+,28+,29+,31+,32-/m1/s1. The van der Waals surface area contributed by atoms with E-state index < -0.39 is 0 Å². The van der Waals surface area contributed by atoms with Gasteiger partial charge < -0.3 is 15.1 Å². The number of aliphatic hydroxyl groups excluding tert-OH is 2. The first-order valence-corrected chi connectivity index (χ1v) is 14.9. The molecule has 0 spiro atoms. The predicted octanol–water partition coefficient (Wildman–Crippen LogP) is 5.94. The molecular formula is C32H47NO3. The molecule has 1 aromatic carbocycles. The van der Waals surface area contributed by atoms with Crippen molar-refractivity contribution in [1.82, 2.24) is 4.90 Å². The Balaban J connectivity index is 1.12. The molecule has 5 aliphatic rings. The Labute approximate surface area is 217 Å². The number of amides is 1. The zero-order valence-corrected chi connectivity index (χ0v) is 22.7. The lowest BCUT2D eigenvalue weighted by molar-refractivity contribution is -0.175. The van der Waals surface area contributed by atoms with Crippen LogP contribution in [0.25, 0.3) is 0 Å². The molecule has 0 unspecified atom stereocenters. The summed E-state index contributed by atoms with van der Waals surface area (Å²) < 4.78 is 0. The van der Waals surface area contributed by atoms with Gasteiger partial charge in [0, 0.05) is 19.5 Å². The lowest BCUT2D eigenvalue weighted by atomic mass is 9.43. The van der Waals surface area contributed by atoms with E-state index in [1.165, 1.54) is 36.8 Å². The molecule has 0 saturated heterocycles. The van der Waals surface area contributed by atoms with Crippen LogP contribution < -0.4 is 0 Å². The summed E-state index contributed by atoms with van der Waals surface area (Å²) in [5.74, 6) is 3.79. The number of nitrogens with zero attached hydrogens (tertiary/aromatic N) is 1. The van der Waals surface area contributed by atoms with E-state index in [0.717, 1.165) is 51.1 Å². The summed E-state index contributed by atoms with van der Waals surface area (Å²) in [6.45, 7) is 8.76. The fourth-order valence-electron chi connectivity index (χ4n) is 10.4. The van der Waals surface area contributed by atoms with Crippen molar-refractivity contribution >= 4 is 5.91 Å². The molecule has 1 heterocycles. The summed E-state index contributed by atoms with van der Waals surface area (Å²) in [5.41, 5.74) is 2.85. The van der Waals surface area contributed by atoms with Gasteiger partial charge in [-0.25, -0.2) is 0 Å². The first-order chi connectivity index (χ1) is 17.2. The van der Waals surface area contributed by atoms with E-state index in [2.05, 4.69) is 45.0 Å². The molecule has 6 rings (SSSR count). The average molecular weight is 494 g/mol. The lowest BCUT2D eigenvalue weighted by Gasteiger charge is -2.62. The van der Waals surface area contributed by atoms with Gasteiger partial charge in [0.2, 0.25) is 5.91 Å². The zero-order valence-electron chi connectivity index (χ0n) is 22.7. The highest BCUT2D eigenvalue weighted by Crippen LogP contribution is 2.68. The van der Waals surface area contributed by atoms with Gasteiger partial charge in [-0.3, -0.25) is 4.79 Å². The molecule has 4 saturated carbocycles. The molecule has 1 aliphatic heterocycles. The first-order valence-electron chi connectivity index (χ1n) is 14.9. The molecule has 0 aromatic heterocycles. The number of benzene rings is 1. The van der Waals surface area contributed by atoms with Crippen LogP contribution >= 0.6 is 0 Å². The Morgan fingerprint density at radius 3 is 2.44 bits per heavy atom. The summed E-state index contributed by atoms with van der Waals surface area (Å²) in [6.07, 6.45) is 10.1. The summed E-state index contributed by atoms with van der Waals surface area (Å²) in [6, 6.07) is 8.42. The molecule has 0 radical (unpaired) electrons. The van der Waals surface area contributed by atoms with Crippen molar-refractivity contribution in [2.45, 2.75) is 110 Å². The number of aliphatic hydroxyl groups is 2. The molecule has 198 valence electrons. The minimum absolute atomic E-state index is 0.0229. The first kappa shape index (κ1) is 24.9. The highest BCUT2D eigenvalue weighted by molar-refractivity contribution is 5.77. The normalized spacial score (nSPS) is 44.4. The monoisotopic (exact) mass is 493 g/mol. The van der Waals surface area contributed by atoms with Crippen molar-refractivity contribution in [3.63, 3.8) is 0 Å². The van der Waals surface area contributed by atoms with Gasteiger partial charge in [-0.2, -0.15) is 0 Å². The second-order valence-corrected chi connectivity index (χ2v) is 13.9. The van der Waals surface area contributed by atoms with Crippen LogP contribution in [0, 0.1) is 46.3 Å². The predicted molar refractivity (Wildman–Crippen MR) is 142 cm³/mol. The number of carbonyl (C=O) groups is 1. The van der Waals surface area contributed by atoms with Gasteiger partial charge in [0.15, 0.2) is 0 Å². The quantitative estimate of drug-likeness (QED) is 0.546. The van der Waals surface area contributed by atoms with E-state index in [4.69, 9.17) is 0 Å². The van der Waals surface area contributed by atoms with Crippen LogP contribution in [0.3, 0.4) is 0 Å². The minimum atomic E-state index is -0.245. The van der Waals surface area contributed by atoms with Crippen LogP contribution in [-0.4, -0.2) is 33.2 Å². The molecule has 0 bridgehead atoms. The topological polar surface area (TPSA) is 60.8 Å². The van der Waals surface area contributed by atoms with Gasteiger partial charge in [-0.05, 0) is 115 Å². The number of carbonyl (C=O) groups excluding carboxylic acids is 1. The number of rotatable bonds is 4. The van der Waals surface area contributed by atoms with E-state index in [1.54, 1.807) is 0 Å². The fourth-order valence-corrected chi connectivity index (χ4v) is 10.4. The van der Waals surface area contributed by atoms with E-state index in [-0.39, 0.29) is 28.9 Å².